The number of hydrogen-bond acceptors (Lipinski definition) is 5. The average molecular weight is 449 g/mol. The van der Waals surface area contributed by atoms with Crippen molar-refractivity contribution >= 4 is 9.84 Å². The van der Waals surface area contributed by atoms with E-state index in [0.29, 0.717) is 13.0 Å². The monoisotopic (exact) mass is 449 g/mol. The molecule has 0 heterocycles. The van der Waals surface area contributed by atoms with Gasteiger partial charge < -0.3 is 9.84 Å². The van der Waals surface area contributed by atoms with E-state index in [4.69, 9.17) is 10.00 Å². The number of benzene rings is 1. The van der Waals surface area contributed by atoms with Crippen molar-refractivity contribution in [2.75, 3.05) is 0 Å². The number of nitriles is 1. The molecule has 11 heteroatoms. The van der Waals surface area contributed by atoms with Crippen molar-refractivity contribution < 1.29 is 40.2 Å². The number of aliphatic hydroxyl groups is 1. The van der Waals surface area contributed by atoms with E-state index in [1.807, 2.05) is 0 Å². The van der Waals surface area contributed by atoms with E-state index >= 15 is 0 Å². The molecule has 0 amide bonds. The van der Waals surface area contributed by atoms with Crippen molar-refractivity contribution in [1.29, 1.82) is 5.26 Å². The Labute approximate surface area is 169 Å². The third-order valence-electron chi connectivity index (χ3n) is 4.34. The molecule has 162 valence electrons. The Balaban J connectivity index is 2.61. The molecule has 2 rings (SSSR count). The Morgan fingerprint density at radius 1 is 1.23 bits per heavy atom. The highest BCUT2D eigenvalue weighted by atomic mass is 32.2. The van der Waals surface area contributed by atoms with Crippen LogP contribution in [-0.2, 0) is 9.84 Å². The highest BCUT2D eigenvalue weighted by molar-refractivity contribution is 7.95. The normalized spacial score (nSPS) is 24.0. The number of nitrogens with zero attached hydrogens (tertiary/aromatic N) is 1. The summed E-state index contributed by atoms with van der Waals surface area (Å²) in [7, 11) is -5.31. The second kappa shape index (κ2) is 8.20. The maximum Gasteiger partial charge on any atom is 0.340 e. The van der Waals surface area contributed by atoms with Crippen LogP contribution in [-0.4, -0.2) is 30.8 Å². The first-order valence-corrected chi connectivity index (χ1v) is 9.84. The van der Waals surface area contributed by atoms with Crippen molar-refractivity contribution in [3.05, 3.63) is 64.5 Å². The van der Waals surface area contributed by atoms with Gasteiger partial charge >= 0.3 is 5.76 Å². The van der Waals surface area contributed by atoms with Gasteiger partial charge in [0, 0.05) is 18.9 Å². The number of hydrogen-bond donors (Lipinski definition) is 1. The van der Waals surface area contributed by atoms with E-state index in [1.54, 1.807) is 6.07 Å². The molecule has 0 spiro atoms. The van der Waals surface area contributed by atoms with Crippen LogP contribution < -0.4 is 4.74 Å². The number of rotatable bonds is 4. The molecule has 1 atom stereocenters. The molecular formula is C19H16F5NO4S. The lowest BCUT2D eigenvalue weighted by Crippen LogP contribution is -2.46. The molecule has 5 nitrogen and oxygen atoms in total. The minimum absolute atomic E-state index is 0.149. The molecule has 0 radical (unpaired) electrons. The molecule has 1 aromatic carbocycles. The largest absolute Gasteiger partial charge is 0.457 e. The van der Waals surface area contributed by atoms with E-state index in [2.05, 4.69) is 6.58 Å². The average Bonchev–Trinajstić information content (AvgIpc) is 2.64. The lowest BCUT2D eigenvalue weighted by Gasteiger charge is -2.33. The van der Waals surface area contributed by atoms with E-state index in [1.165, 1.54) is 0 Å². The van der Waals surface area contributed by atoms with E-state index in [-0.39, 0.29) is 11.3 Å². The third kappa shape index (κ3) is 4.88. The molecule has 0 saturated carbocycles. The first kappa shape index (κ1) is 23.6. The molecule has 1 N–H and O–H groups in total. The van der Waals surface area contributed by atoms with Crippen LogP contribution in [0.5, 0.6) is 5.75 Å². The lowest BCUT2D eigenvalue weighted by molar-refractivity contribution is -0.168. The van der Waals surface area contributed by atoms with Crippen LogP contribution >= 0.6 is 0 Å². The van der Waals surface area contributed by atoms with Gasteiger partial charge in [0.05, 0.1) is 16.5 Å². The van der Waals surface area contributed by atoms with Gasteiger partial charge in [0.25, 0.3) is 5.92 Å². The Hall–Kier alpha value is -2.71. The SMILES string of the molecule is C=C1CC(F)(F)C(C)(O)C/C(S(=O)(=O)C(F)F)=C\C=C1Oc1cc(F)cc(C#N)c1. The summed E-state index contributed by atoms with van der Waals surface area (Å²) in [6.45, 7) is 4.03. The predicted octanol–water partition coefficient (Wildman–Crippen LogP) is 4.22. The first-order chi connectivity index (χ1) is 13.7. The summed E-state index contributed by atoms with van der Waals surface area (Å²) in [6, 6.07) is 4.46. The van der Waals surface area contributed by atoms with Crippen LogP contribution in [0.3, 0.4) is 0 Å². The van der Waals surface area contributed by atoms with Crippen LogP contribution in [0, 0.1) is 17.1 Å². The number of allylic oxidation sites excluding steroid dienone is 3. The molecule has 0 saturated heterocycles. The first-order valence-electron chi connectivity index (χ1n) is 8.29. The Kier molecular flexibility index (Phi) is 6.44. The molecular weight excluding hydrogens is 433 g/mol. The van der Waals surface area contributed by atoms with Crippen LogP contribution in [0.4, 0.5) is 22.0 Å². The Morgan fingerprint density at radius 2 is 1.87 bits per heavy atom. The second-order valence-corrected chi connectivity index (χ2v) is 8.77. The summed E-state index contributed by atoms with van der Waals surface area (Å²) in [6.07, 6.45) is -1.08. The van der Waals surface area contributed by atoms with Gasteiger partial charge in [0.1, 0.15) is 22.9 Å². The van der Waals surface area contributed by atoms with Crippen molar-refractivity contribution in [1.82, 2.24) is 0 Å². The molecule has 0 bridgehead atoms. The van der Waals surface area contributed by atoms with Crippen molar-refractivity contribution in [3.8, 4) is 11.8 Å². The fourth-order valence-electron chi connectivity index (χ4n) is 2.59. The summed E-state index contributed by atoms with van der Waals surface area (Å²) in [4.78, 5) is -1.14. The van der Waals surface area contributed by atoms with Gasteiger partial charge in [-0.1, -0.05) is 6.58 Å². The fourth-order valence-corrected chi connectivity index (χ4v) is 3.56. The van der Waals surface area contributed by atoms with Gasteiger partial charge in [-0.2, -0.15) is 14.0 Å². The minimum atomic E-state index is -5.31. The molecule has 0 fully saturated rings. The maximum absolute atomic E-state index is 14.6. The van der Waals surface area contributed by atoms with Crippen molar-refractivity contribution in [2.45, 2.75) is 37.0 Å². The summed E-state index contributed by atoms with van der Waals surface area (Å²) < 4.78 is 97.9. The van der Waals surface area contributed by atoms with Crippen molar-refractivity contribution in [3.63, 3.8) is 0 Å². The van der Waals surface area contributed by atoms with Gasteiger partial charge in [-0.15, -0.1) is 0 Å². The van der Waals surface area contributed by atoms with Gasteiger partial charge in [-0.25, -0.2) is 21.6 Å². The molecule has 30 heavy (non-hydrogen) atoms. The fraction of sp³-hybridized carbons (Fsp3) is 0.316. The molecule has 0 aliphatic heterocycles. The quantitative estimate of drug-likeness (QED) is 0.696. The molecule has 1 aromatic rings. The summed E-state index contributed by atoms with van der Waals surface area (Å²) in [5, 5.41) is 19.0. The maximum atomic E-state index is 14.6. The third-order valence-corrected chi connectivity index (χ3v) is 5.82. The molecule has 1 aliphatic carbocycles. The zero-order chi connectivity index (χ0) is 22.9. The van der Waals surface area contributed by atoms with E-state index < -0.39 is 62.0 Å². The van der Waals surface area contributed by atoms with Gasteiger partial charge in [-0.05, 0) is 36.8 Å². The molecule has 1 unspecified atom stereocenters. The molecule has 1 aliphatic rings. The van der Waals surface area contributed by atoms with E-state index in [9.17, 15) is 35.5 Å². The second-order valence-electron chi connectivity index (χ2n) is 6.79. The smallest absolute Gasteiger partial charge is 0.340 e. The summed E-state index contributed by atoms with van der Waals surface area (Å²) in [5.74, 6) is -9.53. The zero-order valence-electron chi connectivity index (χ0n) is 15.5. The number of sulfone groups is 1. The zero-order valence-corrected chi connectivity index (χ0v) is 16.3. The topological polar surface area (TPSA) is 87.4 Å². The van der Waals surface area contributed by atoms with Gasteiger partial charge in [0.2, 0.25) is 9.84 Å². The molecule has 0 aromatic heterocycles. The Bertz CT molecular complexity index is 1070. The van der Waals surface area contributed by atoms with Crippen molar-refractivity contribution in [2.24, 2.45) is 0 Å². The summed E-state index contributed by atoms with van der Waals surface area (Å²) >= 11 is 0. The Morgan fingerprint density at radius 3 is 2.43 bits per heavy atom. The van der Waals surface area contributed by atoms with Crippen LogP contribution in [0.15, 0.2) is 53.2 Å². The number of ether oxygens (including phenoxy) is 1. The van der Waals surface area contributed by atoms with E-state index in [0.717, 1.165) is 24.3 Å². The van der Waals surface area contributed by atoms with Crippen LogP contribution in [0.2, 0.25) is 0 Å². The lowest BCUT2D eigenvalue weighted by atomic mass is 9.89. The predicted molar refractivity (Wildman–Crippen MR) is 96.8 cm³/mol. The minimum Gasteiger partial charge on any atom is -0.457 e. The standard InChI is InChI=1S/C19H16F5NO4S/c1-11-8-19(23,24)18(2,26)9-15(30(27,28)17(21)22)3-4-16(11)29-14-6-12(10-25)5-13(20)7-14/h3-7,17,26H,1,8-9H2,2H3/b15-3+,16-4?. The van der Waals surface area contributed by atoms with Gasteiger partial charge in [-0.3, -0.25) is 0 Å². The number of alkyl halides is 4. The van der Waals surface area contributed by atoms with Crippen LogP contribution in [0.25, 0.3) is 0 Å². The highest BCUT2D eigenvalue weighted by Crippen LogP contribution is 2.42. The summed E-state index contributed by atoms with van der Waals surface area (Å²) in [5.41, 5.74) is -3.57. The highest BCUT2D eigenvalue weighted by Gasteiger charge is 2.51. The van der Waals surface area contributed by atoms with Gasteiger partial charge in [0.15, 0.2) is 0 Å². The number of halogens is 5. The van der Waals surface area contributed by atoms with Crippen LogP contribution in [0.1, 0.15) is 25.3 Å².